The maximum absolute atomic E-state index is 13.8. The number of aliphatic hydroxyl groups excluding tert-OH is 1. The van der Waals surface area contributed by atoms with Crippen molar-refractivity contribution in [2.75, 3.05) is 26.2 Å². The number of likely N-dealkylation sites (tertiary alicyclic amines) is 1. The highest BCUT2D eigenvalue weighted by molar-refractivity contribution is 4.88. The zero-order chi connectivity index (χ0) is 10.0. The van der Waals surface area contributed by atoms with Crippen LogP contribution in [-0.2, 0) is 0 Å². The van der Waals surface area contributed by atoms with E-state index >= 15 is 0 Å². The van der Waals surface area contributed by atoms with Crippen LogP contribution < -0.4 is 0 Å². The molecule has 1 heterocycles. The molecule has 2 aliphatic rings. The molecule has 1 N–H and O–H groups in total. The number of hydrogen-bond acceptors (Lipinski definition) is 2. The van der Waals surface area contributed by atoms with Gasteiger partial charge in [0.25, 0.3) is 0 Å². The Kier molecular flexibility index (Phi) is 3.07. The van der Waals surface area contributed by atoms with Crippen molar-refractivity contribution in [1.29, 1.82) is 0 Å². The van der Waals surface area contributed by atoms with Gasteiger partial charge in [-0.25, -0.2) is 4.39 Å². The molecule has 2 fully saturated rings. The zero-order valence-electron chi connectivity index (χ0n) is 8.71. The molecule has 0 aromatic rings. The van der Waals surface area contributed by atoms with Gasteiger partial charge in [-0.15, -0.1) is 0 Å². The number of nitrogens with zero attached hydrogens (tertiary/aromatic N) is 1. The van der Waals surface area contributed by atoms with E-state index in [1.165, 1.54) is 19.3 Å². The van der Waals surface area contributed by atoms with Crippen molar-refractivity contribution in [2.45, 2.75) is 37.8 Å². The molecule has 2 rings (SSSR count). The fraction of sp³-hybridized carbons (Fsp3) is 1.00. The predicted octanol–water partition coefficient (Wildman–Crippen LogP) is 1.58. The Labute approximate surface area is 85.1 Å². The van der Waals surface area contributed by atoms with Crippen LogP contribution in [0, 0.1) is 5.92 Å². The Bertz CT molecular complexity index is 196. The maximum atomic E-state index is 13.8. The minimum absolute atomic E-state index is 0.311. The first-order valence-electron chi connectivity index (χ1n) is 5.74. The van der Waals surface area contributed by atoms with E-state index in [0.29, 0.717) is 13.0 Å². The largest absolute Gasteiger partial charge is 0.393 e. The van der Waals surface area contributed by atoms with Gasteiger partial charge in [0, 0.05) is 13.1 Å². The number of piperidine rings is 1. The number of aliphatic hydroxyl groups is 1. The normalized spacial score (nSPS) is 35.6. The summed E-state index contributed by atoms with van der Waals surface area (Å²) in [6.07, 6.45) is 5.40. The summed E-state index contributed by atoms with van der Waals surface area (Å²) in [7, 11) is 0. The van der Waals surface area contributed by atoms with Crippen LogP contribution in [0.4, 0.5) is 4.39 Å². The quantitative estimate of drug-likeness (QED) is 0.749. The van der Waals surface area contributed by atoms with Crippen molar-refractivity contribution in [2.24, 2.45) is 5.92 Å². The summed E-state index contributed by atoms with van der Waals surface area (Å²) in [5.74, 6) is 0.802. The summed E-state index contributed by atoms with van der Waals surface area (Å²) in [5.41, 5.74) is -1.32. The van der Waals surface area contributed by atoms with Crippen LogP contribution in [-0.4, -0.2) is 41.9 Å². The monoisotopic (exact) mass is 201 g/mol. The van der Waals surface area contributed by atoms with Gasteiger partial charge >= 0.3 is 0 Å². The zero-order valence-corrected chi connectivity index (χ0v) is 8.71. The molecule has 82 valence electrons. The second kappa shape index (κ2) is 4.15. The van der Waals surface area contributed by atoms with Crippen molar-refractivity contribution < 1.29 is 9.50 Å². The molecular weight excluding hydrogens is 181 g/mol. The average molecular weight is 201 g/mol. The van der Waals surface area contributed by atoms with Crippen LogP contribution in [0.2, 0.25) is 0 Å². The summed E-state index contributed by atoms with van der Waals surface area (Å²) in [6, 6.07) is 0. The Morgan fingerprint density at radius 2 is 2.14 bits per heavy atom. The molecular formula is C11H20FNO. The van der Waals surface area contributed by atoms with E-state index in [1.807, 2.05) is 0 Å². The van der Waals surface area contributed by atoms with E-state index in [4.69, 9.17) is 5.11 Å². The lowest BCUT2D eigenvalue weighted by atomic mass is 9.84. The topological polar surface area (TPSA) is 23.5 Å². The maximum Gasteiger partial charge on any atom is 0.146 e. The summed E-state index contributed by atoms with van der Waals surface area (Å²) in [4.78, 5) is 2.20. The van der Waals surface area contributed by atoms with E-state index < -0.39 is 5.67 Å². The highest BCUT2D eigenvalue weighted by Crippen LogP contribution is 2.30. The molecule has 0 bridgehead atoms. The van der Waals surface area contributed by atoms with Crippen molar-refractivity contribution in [1.82, 2.24) is 4.90 Å². The Morgan fingerprint density at radius 3 is 2.71 bits per heavy atom. The first-order chi connectivity index (χ1) is 6.72. The molecule has 14 heavy (non-hydrogen) atoms. The van der Waals surface area contributed by atoms with Crippen molar-refractivity contribution in [3.63, 3.8) is 0 Å². The van der Waals surface area contributed by atoms with Crippen LogP contribution in [0.1, 0.15) is 32.1 Å². The van der Waals surface area contributed by atoms with Gasteiger partial charge in [-0.2, -0.15) is 0 Å². The van der Waals surface area contributed by atoms with Gasteiger partial charge in [-0.3, -0.25) is 4.90 Å². The SMILES string of the molecule is OC[C@]1(F)CCCN(CC2CCC2)C1. The van der Waals surface area contributed by atoms with E-state index in [1.54, 1.807) is 0 Å². The fourth-order valence-corrected chi connectivity index (χ4v) is 2.50. The third-order valence-corrected chi connectivity index (χ3v) is 3.63. The first kappa shape index (κ1) is 10.4. The molecule has 1 atom stereocenters. The Hall–Kier alpha value is -0.150. The van der Waals surface area contributed by atoms with Crippen LogP contribution in [0.5, 0.6) is 0 Å². The molecule has 1 aliphatic carbocycles. The van der Waals surface area contributed by atoms with E-state index in [9.17, 15) is 4.39 Å². The average Bonchev–Trinajstić information content (AvgIpc) is 2.12. The van der Waals surface area contributed by atoms with Gasteiger partial charge in [-0.05, 0) is 38.1 Å². The second-order valence-corrected chi connectivity index (χ2v) is 4.94. The fourth-order valence-electron chi connectivity index (χ4n) is 2.50. The molecule has 0 aromatic heterocycles. The minimum atomic E-state index is -1.32. The molecule has 0 unspecified atom stereocenters. The molecule has 2 nitrogen and oxygen atoms in total. The molecule has 1 saturated heterocycles. The van der Waals surface area contributed by atoms with Crippen LogP contribution >= 0.6 is 0 Å². The molecule has 1 aliphatic heterocycles. The summed E-state index contributed by atoms with van der Waals surface area (Å²) < 4.78 is 13.8. The summed E-state index contributed by atoms with van der Waals surface area (Å²) >= 11 is 0. The minimum Gasteiger partial charge on any atom is -0.393 e. The Balaban J connectivity index is 1.80. The van der Waals surface area contributed by atoms with Gasteiger partial charge in [-0.1, -0.05) is 6.42 Å². The summed E-state index contributed by atoms with van der Waals surface area (Å²) in [5, 5.41) is 8.97. The lowest BCUT2D eigenvalue weighted by Gasteiger charge is -2.39. The third-order valence-electron chi connectivity index (χ3n) is 3.63. The van der Waals surface area contributed by atoms with Gasteiger partial charge in [0.2, 0.25) is 0 Å². The Morgan fingerprint density at radius 1 is 1.36 bits per heavy atom. The van der Waals surface area contributed by atoms with E-state index in [2.05, 4.69) is 4.90 Å². The lowest BCUT2D eigenvalue weighted by Crippen LogP contribution is -2.49. The van der Waals surface area contributed by atoms with Crippen molar-refractivity contribution in [3.8, 4) is 0 Å². The molecule has 0 amide bonds. The second-order valence-electron chi connectivity index (χ2n) is 4.94. The molecule has 0 aromatic carbocycles. The third kappa shape index (κ3) is 2.26. The first-order valence-corrected chi connectivity index (χ1v) is 5.74. The molecule has 3 heteroatoms. The highest BCUT2D eigenvalue weighted by atomic mass is 19.1. The number of hydrogen-bond donors (Lipinski definition) is 1. The van der Waals surface area contributed by atoms with E-state index in [-0.39, 0.29) is 6.61 Å². The molecule has 0 spiro atoms. The molecule has 1 saturated carbocycles. The van der Waals surface area contributed by atoms with Crippen LogP contribution in [0.3, 0.4) is 0 Å². The lowest BCUT2D eigenvalue weighted by molar-refractivity contribution is -0.00979. The van der Waals surface area contributed by atoms with Crippen molar-refractivity contribution >= 4 is 0 Å². The summed E-state index contributed by atoms with van der Waals surface area (Å²) in [6.45, 7) is 2.20. The van der Waals surface area contributed by atoms with Crippen LogP contribution in [0.15, 0.2) is 0 Å². The molecule has 0 radical (unpaired) electrons. The van der Waals surface area contributed by atoms with Gasteiger partial charge < -0.3 is 5.11 Å². The van der Waals surface area contributed by atoms with Gasteiger partial charge in [0.15, 0.2) is 0 Å². The van der Waals surface area contributed by atoms with Crippen LogP contribution in [0.25, 0.3) is 0 Å². The predicted molar refractivity (Wildman–Crippen MR) is 53.9 cm³/mol. The van der Waals surface area contributed by atoms with E-state index in [0.717, 1.165) is 25.4 Å². The van der Waals surface area contributed by atoms with Gasteiger partial charge in [0.05, 0.1) is 6.61 Å². The highest BCUT2D eigenvalue weighted by Gasteiger charge is 2.35. The number of rotatable bonds is 3. The standard InChI is InChI=1S/C11H20FNO/c12-11(9-14)5-2-6-13(8-11)7-10-3-1-4-10/h10,14H,1-9H2/t11-/m0/s1. The number of alkyl halides is 1. The smallest absolute Gasteiger partial charge is 0.146 e. The number of halogens is 1. The van der Waals surface area contributed by atoms with Gasteiger partial charge in [0.1, 0.15) is 5.67 Å². The van der Waals surface area contributed by atoms with Crippen molar-refractivity contribution in [3.05, 3.63) is 0 Å².